The largest absolute Gasteiger partial charge is 0.390 e. The maximum atomic E-state index is 10.8. The van der Waals surface area contributed by atoms with E-state index in [1.54, 1.807) is 13.0 Å². The average molecular weight is 170 g/mol. The number of allylic oxidation sites excluding steroid dienone is 1. The maximum absolute atomic E-state index is 10.8. The molecule has 3 nitrogen and oxygen atoms in total. The molecule has 0 aliphatic heterocycles. The summed E-state index contributed by atoms with van der Waals surface area (Å²) in [6.07, 6.45) is 5.02. The van der Waals surface area contributed by atoms with E-state index in [1.807, 2.05) is 6.92 Å². The SMILES string of the molecule is CCC/C=C/C(=O)OC(=O)CC. The van der Waals surface area contributed by atoms with E-state index in [-0.39, 0.29) is 6.42 Å². The molecule has 0 aromatic heterocycles. The van der Waals surface area contributed by atoms with Crippen LogP contribution in [-0.4, -0.2) is 11.9 Å². The molecule has 0 radical (unpaired) electrons. The van der Waals surface area contributed by atoms with Crippen molar-refractivity contribution < 1.29 is 14.3 Å². The Kier molecular flexibility index (Phi) is 5.97. The van der Waals surface area contributed by atoms with Gasteiger partial charge in [0.2, 0.25) is 0 Å². The number of hydrogen-bond acceptors (Lipinski definition) is 3. The molecule has 3 heteroatoms. The first-order valence-corrected chi connectivity index (χ1v) is 4.11. The third-order valence-corrected chi connectivity index (χ3v) is 1.21. The van der Waals surface area contributed by atoms with E-state index >= 15 is 0 Å². The summed E-state index contributed by atoms with van der Waals surface area (Å²) in [5, 5.41) is 0. The van der Waals surface area contributed by atoms with Crippen molar-refractivity contribution in [1.82, 2.24) is 0 Å². The number of ether oxygens (including phenoxy) is 1. The lowest BCUT2D eigenvalue weighted by atomic mass is 10.3. The zero-order valence-corrected chi connectivity index (χ0v) is 7.50. The van der Waals surface area contributed by atoms with Crippen molar-refractivity contribution >= 4 is 11.9 Å². The summed E-state index contributed by atoms with van der Waals surface area (Å²) in [5.74, 6) is -1.06. The highest BCUT2D eigenvalue weighted by atomic mass is 16.6. The zero-order chi connectivity index (χ0) is 9.40. The van der Waals surface area contributed by atoms with Crippen LogP contribution in [0.25, 0.3) is 0 Å². The molecule has 0 aliphatic rings. The van der Waals surface area contributed by atoms with Crippen molar-refractivity contribution in [3.05, 3.63) is 12.2 Å². The van der Waals surface area contributed by atoms with Crippen LogP contribution in [0.2, 0.25) is 0 Å². The molecule has 0 fully saturated rings. The second-order valence-electron chi connectivity index (χ2n) is 2.34. The quantitative estimate of drug-likeness (QED) is 0.367. The fraction of sp³-hybridized carbons (Fsp3) is 0.556. The molecule has 0 spiro atoms. The second-order valence-corrected chi connectivity index (χ2v) is 2.34. The number of rotatable bonds is 4. The molecule has 0 amide bonds. The average Bonchev–Trinajstić information content (AvgIpc) is 2.05. The van der Waals surface area contributed by atoms with Crippen molar-refractivity contribution in [1.29, 1.82) is 0 Å². The van der Waals surface area contributed by atoms with Crippen LogP contribution in [0.1, 0.15) is 33.1 Å². The highest BCUT2D eigenvalue weighted by Crippen LogP contribution is 1.91. The first-order valence-electron chi connectivity index (χ1n) is 4.11. The molecular weight excluding hydrogens is 156 g/mol. The van der Waals surface area contributed by atoms with Gasteiger partial charge >= 0.3 is 11.9 Å². The molecule has 0 N–H and O–H groups in total. The molecule has 0 rings (SSSR count). The number of carbonyl (C=O) groups excluding carboxylic acids is 2. The highest BCUT2D eigenvalue weighted by Gasteiger charge is 2.02. The van der Waals surface area contributed by atoms with Crippen LogP contribution in [0.4, 0.5) is 0 Å². The molecule has 0 saturated carbocycles. The predicted molar refractivity (Wildman–Crippen MR) is 45.4 cm³/mol. The Morgan fingerprint density at radius 2 is 2.00 bits per heavy atom. The first kappa shape index (κ1) is 10.9. The lowest BCUT2D eigenvalue weighted by molar-refractivity contribution is -0.155. The van der Waals surface area contributed by atoms with Gasteiger partial charge in [0.25, 0.3) is 0 Å². The minimum atomic E-state index is -0.574. The number of esters is 2. The summed E-state index contributed by atoms with van der Waals surface area (Å²) in [5.41, 5.74) is 0. The first-order chi connectivity index (χ1) is 5.70. The predicted octanol–water partition coefficient (Wildman–Crippen LogP) is 1.82. The van der Waals surface area contributed by atoms with Gasteiger partial charge in [-0.2, -0.15) is 0 Å². The Morgan fingerprint density at radius 1 is 1.33 bits per heavy atom. The van der Waals surface area contributed by atoms with Gasteiger partial charge in [0.05, 0.1) is 0 Å². The van der Waals surface area contributed by atoms with Gasteiger partial charge in [-0.25, -0.2) is 4.79 Å². The maximum Gasteiger partial charge on any atom is 0.338 e. The van der Waals surface area contributed by atoms with Gasteiger partial charge in [-0.05, 0) is 6.42 Å². The molecule has 0 saturated heterocycles. The van der Waals surface area contributed by atoms with Crippen molar-refractivity contribution in [3.63, 3.8) is 0 Å². The zero-order valence-electron chi connectivity index (χ0n) is 7.50. The number of unbranched alkanes of at least 4 members (excludes halogenated alkanes) is 1. The third-order valence-electron chi connectivity index (χ3n) is 1.21. The van der Waals surface area contributed by atoms with E-state index in [1.165, 1.54) is 6.08 Å². The summed E-state index contributed by atoms with van der Waals surface area (Å²) in [4.78, 5) is 21.3. The van der Waals surface area contributed by atoms with E-state index in [4.69, 9.17) is 0 Å². The van der Waals surface area contributed by atoms with Gasteiger partial charge < -0.3 is 4.74 Å². The number of carbonyl (C=O) groups is 2. The fourth-order valence-electron chi connectivity index (χ4n) is 0.565. The van der Waals surface area contributed by atoms with Crippen molar-refractivity contribution in [2.24, 2.45) is 0 Å². The summed E-state index contributed by atoms with van der Waals surface area (Å²) in [6.45, 7) is 3.65. The molecule has 0 unspecified atom stereocenters. The molecular formula is C9H14O3. The standard InChI is InChI=1S/C9H14O3/c1-3-5-6-7-9(11)12-8(10)4-2/h6-7H,3-5H2,1-2H3/b7-6+. The second kappa shape index (κ2) is 6.58. The molecule has 0 aromatic rings. The Labute approximate surface area is 72.4 Å². The molecule has 0 heterocycles. The van der Waals surface area contributed by atoms with Crippen LogP contribution in [0.3, 0.4) is 0 Å². The minimum absolute atomic E-state index is 0.230. The van der Waals surface area contributed by atoms with Gasteiger partial charge in [0, 0.05) is 12.5 Å². The van der Waals surface area contributed by atoms with Crippen molar-refractivity contribution in [3.8, 4) is 0 Å². The van der Waals surface area contributed by atoms with Gasteiger partial charge in [-0.3, -0.25) is 4.79 Å². The molecule has 0 bridgehead atoms. The normalized spacial score (nSPS) is 10.2. The topological polar surface area (TPSA) is 43.4 Å². The van der Waals surface area contributed by atoms with Crippen molar-refractivity contribution in [2.45, 2.75) is 33.1 Å². The van der Waals surface area contributed by atoms with Crippen LogP contribution in [0.5, 0.6) is 0 Å². The van der Waals surface area contributed by atoms with Gasteiger partial charge in [0.15, 0.2) is 0 Å². The summed E-state index contributed by atoms with van der Waals surface area (Å²) < 4.78 is 4.38. The monoisotopic (exact) mass is 170 g/mol. The van der Waals surface area contributed by atoms with Gasteiger partial charge in [-0.15, -0.1) is 0 Å². The lowest BCUT2D eigenvalue weighted by Gasteiger charge is -1.94. The summed E-state index contributed by atoms with van der Waals surface area (Å²) >= 11 is 0. The molecule has 68 valence electrons. The molecule has 12 heavy (non-hydrogen) atoms. The Bertz CT molecular complexity index is 182. The summed E-state index contributed by atoms with van der Waals surface area (Å²) in [6, 6.07) is 0. The molecule has 0 aliphatic carbocycles. The Morgan fingerprint density at radius 3 is 2.50 bits per heavy atom. The van der Waals surface area contributed by atoms with Crippen LogP contribution in [0.15, 0.2) is 12.2 Å². The smallest absolute Gasteiger partial charge is 0.338 e. The van der Waals surface area contributed by atoms with Crippen LogP contribution >= 0.6 is 0 Å². The van der Waals surface area contributed by atoms with E-state index in [2.05, 4.69) is 4.74 Å². The van der Waals surface area contributed by atoms with Crippen LogP contribution < -0.4 is 0 Å². The lowest BCUT2D eigenvalue weighted by Crippen LogP contribution is -2.08. The highest BCUT2D eigenvalue weighted by molar-refractivity contribution is 5.91. The van der Waals surface area contributed by atoms with Crippen molar-refractivity contribution in [2.75, 3.05) is 0 Å². The minimum Gasteiger partial charge on any atom is -0.390 e. The van der Waals surface area contributed by atoms with Crippen LogP contribution in [-0.2, 0) is 14.3 Å². The molecule has 0 aromatic carbocycles. The van der Waals surface area contributed by atoms with E-state index in [0.29, 0.717) is 0 Å². The Hall–Kier alpha value is -1.12. The van der Waals surface area contributed by atoms with Crippen LogP contribution in [0, 0.1) is 0 Å². The van der Waals surface area contributed by atoms with E-state index < -0.39 is 11.9 Å². The van der Waals surface area contributed by atoms with Gasteiger partial charge in [-0.1, -0.05) is 26.3 Å². The third kappa shape index (κ3) is 5.65. The Balaban J connectivity index is 3.66. The number of hydrogen-bond donors (Lipinski definition) is 0. The molecule has 0 atom stereocenters. The summed E-state index contributed by atoms with van der Waals surface area (Å²) in [7, 11) is 0. The fourth-order valence-corrected chi connectivity index (χ4v) is 0.565. The van der Waals surface area contributed by atoms with E-state index in [9.17, 15) is 9.59 Å². The van der Waals surface area contributed by atoms with E-state index in [0.717, 1.165) is 12.8 Å². The van der Waals surface area contributed by atoms with Gasteiger partial charge in [0.1, 0.15) is 0 Å².